The van der Waals surface area contributed by atoms with Gasteiger partial charge in [-0.15, -0.1) is 0 Å². The molecule has 1 atom stereocenters. The first-order valence-electron chi connectivity index (χ1n) is 8.51. The maximum absolute atomic E-state index is 12.2. The van der Waals surface area contributed by atoms with Crippen molar-refractivity contribution in [2.75, 3.05) is 19.0 Å². The highest BCUT2D eigenvalue weighted by Crippen LogP contribution is 2.26. The molecule has 0 spiro atoms. The second kappa shape index (κ2) is 9.39. The number of nitrogens with two attached hydrogens (primary N) is 1. The Morgan fingerprint density at radius 3 is 2.75 bits per heavy atom. The topological polar surface area (TPSA) is 93.4 Å². The third-order valence-corrected chi connectivity index (χ3v) is 4.42. The van der Waals surface area contributed by atoms with Gasteiger partial charge in [0.05, 0.1) is 12.5 Å². The van der Waals surface area contributed by atoms with Gasteiger partial charge in [-0.2, -0.15) is 0 Å². The molecule has 1 aromatic carbocycles. The van der Waals surface area contributed by atoms with E-state index in [9.17, 15) is 9.59 Å². The number of rotatable bonds is 8. The number of nitrogens with one attached hydrogen (secondary N) is 2. The number of anilines is 1. The van der Waals surface area contributed by atoms with E-state index in [0.717, 1.165) is 36.9 Å². The molecular weight excluding hydrogens is 306 g/mol. The molecular formula is C18H27N3O3. The van der Waals surface area contributed by atoms with Crippen molar-refractivity contribution in [1.29, 1.82) is 0 Å². The number of methoxy groups -OCH3 is 1. The molecule has 6 nitrogen and oxygen atoms in total. The Morgan fingerprint density at radius 2 is 2.08 bits per heavy atom. The fraction of sp³-hybridized carbons (Fsp3) is 0.556. The van der Waals surface area contributed by atoms with E-state index in [2.05, 4.69) is 10.6 Å². The lowest BCUT2D eigenvalue weighted by Crippen LogP contribution is -2.31. The van der Waals surface area contributed by atoms with Crippen LogP contribution < -0.4 is 16.4 Å². The van der Waals surface area contributed by atoms with Gasteiger partial charge < -0.3 is 21.1 Å². The first-order valence-corrected chi connectivity index (χ1v) is 8.51. The van der Waals surface area contributed by atoms with E-state index in [1.54, 1.807) is 7.11 Å². The highest BCUT2D eigenvalue weighted by molar-refractivity contribution is 5.92. The first-order chi connectivity index (χ1) is 11.6. The molecule has 1 unspecified atom stereocenters. The predicted octanol–water partition coefficient (Wildman–Crippen LogP) is 1.80. The van der Waals surface area contributed by atoms with Crippen LogP contribution in [0.5, 0.6) is 0 Å². The van der Waals surface area contributed by atoms with E-state index < -0.39 is 0 Å². The van der Waals surface area contributed by atoms with Crippen LogP contribution in [-0.2, 0) is 20.9 Å². The summed E-state index contributed by atoms with van der Waals surface area (Å²) >= 11 is 0. The van der Waals surface area contributed by atoms with Crippen LogP contribution in [-0.4, -0.2) is 31.6 Å². The minimum Gasteiger partial charge on any atom is -0.380 e. The van der Waals surface area contributed by atoms with Crippen molar-refractivity contribution >= 4 is 17.5 Å². The van der Waals surface area contributed by atoms with Crippen molar-refractivity contribution < 1.29 is 14.3 Å². The van der Waals surface area contributed by atoms with Gasteiger partial charge >= 0.3 is 0 Å². The summed E-state index contributed by atoms with van der Waals surface area (Å²) in [7, 11) is 1.54. The Kier molecular flexibility index (Phi) is 7.21. The maximum Gasteiger partial charge on any atom is 0.227 e. The van der Waals surface area contributed by atoms with E-state index in [4.69, 9.17) is 10.5 Å². The predicted molar refractivity (Wildman–Crippen MR) is 93.3 cm³/mol. The van der Waals surface area contributed by atoms with Crippen molar-refractivity contribution in [2.24, 2.45) is 11.7 Å². The van der Waals surface area contributed by atoms with Crippen LogP contribution in [0.3, 0.4) is 0 Å². The highest BCUT2D eigenvalue weighted by Gasteiger charge is 2.22. The van der Waals surface area contributed by atoms with Crippen LogP contribution in [0.15, 0.2) is 24.3 Å². The normalized spacial score (nSPS) is 15.9. The fourth-order valence-electron chi connectivity index (χ4n) is 2.93. The smallest absolute Gasteiger partial charge is 0.227 e. The van der Waals surface area contributed by atoms with Crippen LogP contribution in [0.1, 0.15) is 37.7 Å². The Bertz CT molecular complexity index is 552. The first kappa shape index (κ1) is 18.4. The molecule has 2 amide bonds. The lowest BCUT2D eigenvalue weighted by molar-refractivity contribution is -0.123. The average molecular weight is 333 g/mol. The Labute approximate surface area is 143 Å². The minimum absolute atomic E-state index is 0.0968. The van der Waals surface area contributed by atoms with Crippen molar-refractivity contribution in [3.63, 3.8) is 0 Å². The van der Waals surface area contributed by atoms with Gasteiger partial charge in [0, 0.05) is 31.8 Å². The summed E-state index contributed by atoms with van der Waals surface area (Å²) in [5, 5.41) is 5.82. The van der Waals surface area contributed by atoms with Gasteiger partial charge in [-0.1, -0.05) is 25.0 Å². The summed E-state index contributed by atoms with van der Waals surface area (Å²) in [6.45, 7) is 0.722. The summed E-state index contributed by atoms with van der Waals surface area (Å²) in [5.74, 6) is 0.128. The third kappa shape index (κ3) is 5.62. The second-order valence-electron chi connectivity index (χ2n) is 6.25. The molecule has 1 saturated carbocycles. The summed E-state index contributed by atoms with van der Waals surface area (Å²) < 4.78 is 5.10. The quantitative estimate of drug-likeness (QED) is 0.676. The number of hydrogen-bond donors (Lipinski definition) is 3. The molecule has 4 N–H and O–H groups in total. The summed E-state index contributed by atoms with van der Waals surface area (Å²) in [6.07, 6.45) is 4.20. The maximum atomic E-state index is 12.2. The number of carbonyl (C=O) groups excluding carboxylic acids is 2. The molecule has 0 aliphatic heterocycles. The van der Waals surface area contributed by atoms with Gasteiger partial charge in [0.1, 0.15) is 0 Å². The van der Waals surface area contributed by atoms with Gasteiger partial charge in [0.25, 0.3) is 0 Å². The largest absolute Gasteiger partial charge is 0.380 e. The molecule has 1 aromatic rings. The van der Waals surface area contributed by atoms with Crippen LogP contribution in [0.25, 0.3) is 0 Å². The van der Waals surface area contributed by atoms with Gasteiger partial charge in [-0.3, -0.25) is 9.59 Å². The van der Waals surface area contributed by atoms with Crippen molar-refractivity contribution in [2.45, 2.75) is 44.8 Å². The molecule has 1 fully saturated rings. The molecule has 0 bridgehead atoms. The van der Waals surface area contributed by atoms with Gasteiger partial charge in [0.15, 0.2) is 0 Å². The van der Waals surface area contributed by atoms with Crippen LogP contribution in [0, 0.1) is 5.92 Å². The zero-order chi connectivity index (χ0) is 17.4. The lowest BCUT2D eigenvalue weighted by atomic mass is 10.1. The van der Waals surface area contributed by atoms with Gasteiger partial charge in [-0.25, -0.2) is 0 Å². The monoisotopic (exact) mass is 333 g/mol. The van der Waals surface area contributed by atoms with Gasteiger partial charge in [0.2, 0.25) is 11.8 Å². The number of carbonyl (C=O) groups is 2. The number of amides is 2. The molecule has 1 aliphatic rings. The Balaban J connectivity index is 1.83. The zero-order valence-electron chi connectivity index (χ0n) is 14.2. The van der Waals surface area contributed by atoms with Crippen molar-refractivity contribution in [3.05, 3.63) is 29.8 Å². The van der Waals surface area contributed by atoms with Crippen LogP contribution >= 0.6 is 0 Å². The summed E-state index contributed by atoms with van der Waals surface area (Å²) in [5.41, 5.74) is 7.22. The van der Waals surface area contributed by atoms with E-state index in [1.807, 2.05) is 24.3 Å². The van der Waals surface area contributed by atoms with E-state index in [1.165, 1.54) is 0 Å². The lowest BCUT2D eigenvalue weighted by Gasteiger charge is -2.13. The molecule has 0 aromatic heterocycles. The Morgan fingerprint density at radius 1 is 1.33 bits per heavy atom. The number of ether oxygens (including phenoxy) is 1. The number of hydrogen-bond acceptors (Lipinski definition) is 4. The average Bonchev–Trinajstić information content (AvgIpc) is 3.13. The van der Waals surface area contributed by atoms with E-state index in [-0.39, 0.29) is 30.3 Å². The van der Waals surface area contributed by atoms with Crippen LogP contribution in [0.4, 0.5) is 5.69 Å². The second-order valence-corrected chi connectivity index (χ2v) is 6.25. The summed E-state index contributed by atoms with van der Waals surface area (Å²) in [4.78, 5) is 24.0. The molecule has 24 heavy (non-hydrogen) atoms. The molecule has 0 radical (unpaired) electrons. The van der Waals surface area contributed by atoms with E-state index in [0.29, 0.717) is 13.1 Å². The van der Waals surface area contributed by atoms with E-state index >= 15 is 0 Å². The standard InChI is InChI=1S/C18H27N3O3/c1-24-16(11-19)10-17(22)20-12-13-5-4-8-15(9-13)21-18(23)14-6-2-3-7-14/h4-5,8-9,14,16H,2-3,6-7,10-12,19H2,1H3,(H,20,22)(H,21,23). The Hall–Kier alpha value is -1.92. The van der Waals surface area contributed by atoms with Gasteiger partial charge in [-0.05, 0) is 30.5 Å². The number of benzene rings is 1. The van der Waals surface area contributed by atoms with Crippen molar-refractivity contribution in [3.8, 4) is 0 Å². The SMILES string of the molecule is COC(CN)CC(=O)NCc1cccc(NC(=O)C2CCCC2)c1. The molecule has 0 saturated heterocycles. The molecule has 1 aliphatic carbocycles. The zero-order valence-corrected chi connectivity index (χ0v) is 14.2. The van der Waals surface area contributed by atoms with Crippen molar-refractivity contribution in [1.82, 2.24) is 5.32 Å². The molecule has 132 valence electrons. The molecule has 6 heteroatoms. The minimum atomic E-state index is -0.262. The van der Waals surface area contributed by atoms with Crippen LogP contribution in [0.2, 0.25) is 0 Å². The molecule has 2 rings (SSSR count). The summed E-state index contributed by atoms with van der Waals surface area (Å²) in [6, 6.07) is 7.56. The molecule has 0 heterocycles. The third-order valence-electron chi connectivity index (χ3n) is 4.42. The highest BCUT2D eigenvalue weighted by atomic mass is 16.5. The fourth-order valence-corrected chi connectivity index (χ4v) is 2.93.